The first-order valence-electron chi connectivity index (χ1n) is 4.98. The fraction of sp³-hybridized carbons (Fsp3) is 0. The van der Waals surface area contributed by atoms with Crippen molar-refractivity contribution in [2.75, 3.05) is 10.9 Å². The first-order chi connectivity index (χ1) is 8.56. The third kappa shape index (κ3) is 3.73. The summed E-state index contributed by atoms with van der Waals surface area (Å²) in [5.74, 6) is 0. The highest BCUT2D eigenvalue weighted by atomic mass is 79.9. The Morgan fingerprint density at radius 3 is 1.33 bits per heavy atom. The highest BCUT2D eigenvalue weighted by Gasteiger charge is 2.02. The van der Waals surface area contributed by atoms with Crippen LogP contribution in [-0.2, 0) is 0 Å². The van der Waals surface area contributed by atoms with Gasteiger partial charge in [0.2, 0.25) is 0 Å². The van der Waals surface area contributed by atoms with Gasteiger partial charge in [0.25, 0.3) is 0 Å². The van der Waals surface area contributed by atoms with Crippen LogP contribution < -0.4 is 10.9 Å². The standard InChI is InChI=1S/C12H8Br4N2/c13-7-1-3-11(9(15)5-7)17-18-12-4-2-8(14)6-10(12)16/h1-6,17-18H. The Bertz CT molecular complexity index is 520. The molecule has 94 valence electrons. The molecule has 0 aliphatic heterocycles. The molecule has 0 atom stereocenters. The molecule has 0 aromatic heterocycles. The molecule has 2 aromatic rings. The Hall–Kier alpha value is -0.0400. The van der Waals surface area contributed by atoms with E-state index in [1.54, 1.807) is 0 Å². The average Bonchev–Trinajstić information content (AvgIpc) is 2.30. The van der Waals surface area contributed by atoms with Crippen LogP contribution >= 0.6 is 63.7 Å². The van der Waals surface area contributed by atoms with Crippen molar-refractivity contribution in [1.82, 2.24) is 0 Å². The summed E-state index contributed by atoms with van der Waals surface area (Å²) in [6, 6.07) is 11.9. The molecular weight excluding hydrogens is 492 g/mol. The van der Waals surface area contributed by atoms with Crippen molar-refractivity contribution in [3.8, 4) is 0 Å². The number of rotatable bonds is 3. The summed E-state index contributed by atoms with van der Waals surface area (Å²) < 4.78 is 4.03. The molecule has 0 amide bonds. The van der Waals surface area contributed by atoms with Gasteiger partial charge in [-0.15, -0.1) is 0 Å². The molecule has 0 radical (unpaired) electrons. The molecule has 0 saturated heterocycles. The minimum Gasteiger partial charge on any atom is -0.300 e. The van der Waals surface area contributed by atoms with Crippen molar-refractivity contribution in [1.29, 1.82) is 0 Å². The maximum atomic E-state index is 3.50. The van der Waals surface area contributed by atoms with E-state index >= 15 is 0 Å². The summed E-state index contributed by atoms with van der Waals surface area (Å²) in [7, 11) is 0. The summed E-state index contributed by atoms with van der Waals surface area (Å²) in [6.07, 6.45) is 0. The van der Waals surface area contributed by atoms with Crippen LogP contribution in [0.1, 0.15) is 0 Å². The van der Waals surface area contributed by atoms with Crippen molar-refractivity contribution in [3.05, 3.63) is 54.3 Å². The number of hydrazine groups is 1. The van der Waals surface area contributed by atoms with E-state index < -0.39 is 0 Å². The first kappa shape index (κ1) is 14.4. The third-order valence-corrected chi connectivity index (χ3v) is 4.49. The van der Waals surface area contributed by atoms with Crippen molar-refractivity contribution in [2.24, 2.45) is 0 Å². The van der Waals surface area contributed by atoms with Crippen LogP contribution in [0, 0.1) is 0 Å². The molecule has 0 bridgehead atoms. The molecule has 0 fully saturated rings. The summed E-state index contributed by atoms with van der Waals surface area (Å²) in [4.78, 5) is 0. The van der Waals surface area contributed by atoms with Crippen LogP contribution in [0.3, 0.4) is 0 Å². The fourth-order valence-electron chi connectivity index (χ4n) is 1.32. The summed E-state index contributed by atoms with van der Waals surface area (Å²) in [6.45, 7) is 0. The maximum Gasteiger partial charge on any atom is 0.0682 e. The van der Waals surface area contributed by atoms with E-state index in [0.717, 1.165) is 29.3 Å². The number of anilines is 2. The zero-order chi connectivity index (χ0) is 13.1. The Labute approximate surface area is 139 Å². The molecular formula is C12H8Br4N2. The van der Waals surface area contributed by atoms with Gasteiger partial charge in [-0.3, -0.25) is 10.9 Å². The maximum absolute atomic E-state index is 3.50. The Balaban J connectivity index is 2.11. The van der Waals surface area contributed by atoms with E-state index in [-0.39, 0.29) is 0 Å². The lowest BCUT2D eigenvalue weighted by Gasteiger charge is -2.13. The second kappa shape index (κ2) is 6.41. The smallest absolute Gasteiger partial charge is 0.0682 e. The topological polar surface area (TPSA) is 24.1 Å². The largest absolute Gasteiger partial charge is 0.300 e. The molecule has 18 heavy (non-hydrogen) atoms. The molecule has 0 heterocycles. The SMILES string of the molecule is Brc1ccc(NNc2ccc(Br)cc2Br)c(Br)c1. The molecule has 2 aromatic carbocycles. The Morgan fingerprint density at radius 2 is 1.00 bits per heavy atom. The van der Waals surface area contributed by atoms with Gasteiger partial charge in [0.05, 0.1) is 11.4 Å². The van der Waals surface area contributed by atoms with Gasteiger partial charge in [0, 0.05) is 17.9 Å². The molecule has 2 N–H and O–H groups in total. The summed E-state index contributed by atoms with van der Waals surface area (Å²) >= 11 is 13.8. The van der Waals surface area contributed by atoms with Gasteiger partial charge >= 0.3 is 0 Å². The number of halogens is 4. The van der Waals surface area contributed by atoms with Gasteiger partial charge in [-0.1, -0.05) is 31.9 Å². The highest BCUT2D eigenvalue weighted by molar-refractivity contribution is 9.11. The van der Waals surface area contributed by atoms with Crippen LogP contribution in [0.15, 0.2) is 54.3 Å². The van der Waals surface area contributed by atoms with E-state index in [1.807, 2.05) is 36.4 Å². The Kier molecular flexibility index (Phi) is 5.12. The van der Waals surface area contributed by atoms with Crippen LogP contribution in [0.25, 0.3) is 0 Å². The lowest BCUT2D eigenvalue weighted by molar-refractivity contribution is 1.38. The molecule has 6 heteroatoms. The van der Waals surface area contributed by atoms with E-state index in [1.165, 1.54) is 0 Å². The average molecular weight is 500 g/mol. The molecule has 0 aliphatic rings. The molecule has 0 unspecified atom stereocenters. The summed E-state index contributed by atoms with van der Waals surface area (Å²) in [5, 5.41) is 0. The molecule has 2 nitrogen and oxygen atoms in total. The zero-order valence-corrected chi connectivity index (χ0v) is 15.3. The Morgan fingerprint density at radius 1 is 0.611 bits per heavy atom. The van der Waals surface area contributed by atoms with Crippen LogP contribution in [0.2, 0.25) is 0 Å². The molecule has 2 rings (SSSR count). The van der Waals surface area contributed by atoms with E-state index in [9.17, 15) is 0 Å². The van der Waals surface area contributed by atoms with Gasteiger partial charge < -0.3 is 0 Å². The lowest BCUT2D eigenvalue weighted by Crippen LogP contribution is -2.09. The van der Waals surface area contributed by atoms with Crippen molar-refractivity contribution in [2.45, 2.75) is 0 Å². The number of nitrogens with one attached hydrogen (secondary N) is 2. The minimum atomic E-state index is 0.966. The molecule has 0 spiro atoms. The predicted octanol–water partition coefficient (Wildman–Crippen LogP) is 6.18. The molecule has 0 saturated carbocycles. The van der Waals surface area contributed by atoms with Crippen molar-refractivity contribution >= 4 is 75.1 Å². The highest BCUT2D eigenvalue weighted by Crippen LogP contribution is 2.29. The monoisotopic (exact) mass is 496 g/mol. The van der Waals surface area contributed by atoms with Gasteiger partial charge in [-0.05, 0) is 68.3 Å². The van der Waals surface area contributed by atoms with Crippen LogP contribution in [0.5, 0.6) is 0 Å². The minimum absolute atomic E-state index is 0.966. The number of hydrogen-bond acceptors (Lipinski definition) is 2. The van der Waals surface area contributed by atoms with Gasteiger partial charge in [-0.25, -0.2) is 0 Å². The van der Waals surface area contributed by atoms with Crippen molar-refractivity contribution in [3.63, 3.8) is 0 Å². The van der Waals surface area contributed by atoms with Crippen LogP contribution in [0.4, 0.5) is 11.4 Å². The van der Waals surface area contributed by atoms with Gasteiger partial charge in [0.15, 0.2) is 0 Å². The first-order valence-corrected chi connectivity index (χ1v) is 8.15. The van der Waals surface area contributed by atoms with E-state index in [4.69, 9.17) is 0 Å². The second-order valence-electron chi connectivity index (χ2n) is 3.50. The number of benzene rings is 2. The van der Waals surface area contributed by atoms with Gasteiger partial charge in [-0.2, -0.15) is 0 Å². The lowest BCUT2D eigenvalue weighted by atomic mass is 10.3. The van der Waals surface area contributed by atoms with Crippen LogP contribution in [-0.4, -0.2) is 0 Å². The quantitative estimate of drug-likeness (QED) is 0.493. The zero-order valence-electron chi connectivity index (χ0n) is 8.98. The third-order valence-electron chi connectivity index (χ3n) is 2.19. The number of hydrogen-bond donors (Lipinski definition) is 2. The second-order valence-corrected chi connectivity index (χ2v) is 7.04. The van der Waals surface area contributed by atoms with Gasteiger partial charge in [0.1, 0.15) is 0 Å². The molecule has 0 aliphatic carbocycles. The normalized spacial score (nSPS) is 10.2. The van der Waals surface area contributed by atoms with E-state index in [0.29, 0.717) is 0 Å². The predicted molar refractivity (Wildman–Crippen MR) is 90.9 cm³/mol. The summed E-state index contributed by atoms with van der Waals surface area (Å²) in [5.41, 5.74) is 8.24. The fourth-order valence-corrected chi connectivity index (χ4v) is 3.61. The van der Waals surface area contributed by atoms with Crippen molar-refractivity contribution < 1.29 is 0 Å². The van der Waals surface area contributed by atoms with E-state index in [2.05, 4.69) is 74.6 Å².